The maximum atomic E-state index is 11.9. The quantitative estimate of drug-likeness (QED) is 0.607. The highest BCUT2D eigenvalue weighted by Crippen LogP contribution is 2.28. The molecule has 1 saturated carbocycles. The van der Waals surface area contributed by atoms with Crippen LogP contribution >= 0.6 is 0 Å². The molecule has 1 amide bonds. The Kier molecular flexibility index (Phi) is 8.96. The van der Waals surface area contributed by atoms with E-state index in [9.17, 15) is 4.79 Å². The molecule has 2 atom stereocenters. The van der Waals surface area contributed by atoms with Gasteiger partial charge in [0.15, 0.2) is 0 Å². The number of carbonyl (C=O) groups excluding carboxylic acids is 1. The SMILES string of the molecule is CCCCCC(C)NC(CNC(=O)OC(C)(C)C)C1CCCC1. The highest BCUT2D eigenvalue weighted by atomic mass is 16.6. The second kappa shape index (κ2) is 10.2. The molecule has 0 heterocycles. The summed E-state index contributed by atoms with van der Waals surface area (Å²) < 4.78 is 5.36. The smallest absolute Gasteiger partial charge is 0.407 e. The average Bonchev–Trinajstić information content (AvgIpc) is 2.95. The molecule has 0 spiro atoms. The number of carbonyl (C=O) groups is 1. The molecule has 1 rings (SSSR count). The molecule has 0 saturated heterocycles. The van der Waals surface area contributed by atoms with Gasteiger partial charge in [0.05, 0.1) is 0 Å². The molecule has 0 aliphatic heterocycles. The molecule has 0 aromatic rings. The standard InChI is InChI=1S/C19H38N2O2/c1-6-7-8-11-15(2)21-17(16-12-9-10-13-16)14-20-18(22)23-19(3,4)5/h15-17,21H,6-14H2,1-5H3,(H,20,22). The molecule has 4 heteroatoms. The van der Waals surface area contributed by atoms with E-state index in [0.717, 1.165) is 0 Å². The lowest BCUT2D eigenvalue weighted by Gasteiger charge is -2.29. The predicted octanol–water partition coefficient (Wildman–Crippen LogP) is 4.63. The van der Waals surface area contributed by atoms with Crippen molar-refractivity contribution in [1.29, 1.82) is 0 Å². The number of hydrogen-bond donors (Lipinski definition) is 2. The van der Waals surface area contributed by atoms with E-state index in [4.69, 9.17) is 4.74 Å². The summed E-state index contributed by atoms with van der Waals surface area (Å²) in [6.07, 6.45) is 9.94. The van der Waals surface area contributed by atoms with Gasteiger partial charge in [0.25, 0.3) is 0 Å². The van der Waals surface area contributed by atoms with E-state index in [1.54, 1.807) is 0 Å². The lowest BCUT2D eigenvalue weighted by Crippen LogP contribution is -2.49. The van der Waals surface area contributed by atoms with E-state index in [1.807, 2.05) is 20.8 Å². The van der Waals surface area contributed by atoms with E-state index in [2.05, 4.69) is 24.5 Å². The second-order valence-corrected chi connectivity index (χ2v) is 8.10. The molecular formula is C19H38N2O2. The molecular weight excluding hydrogens is 288 g/mol. The Morgan fingerprint density at radius 2 is 1.87 bits per heavy atom. The Hall–Kier alpha value is -0.770. The van der Waals surface area contributed by atoms with Gasteiger partial charge in [0.2, 0.25) is 0 Å². The third-order valence-corrected chi connectivity index (χ3v) is 4.57. The second-order valence-electron chi connectivity index (χ2n) is 8.10. The van der Waals surface area contributed by atoms with Crippen molar-refractivity contribution in [2.75, 3.05) is 6.54 Å². The van der Waals surface area contributed by atoms with E-state index >= 15 is 0 Å². The summed E-state index contributed by atoms with van der Waals surface area (Å²) in [4.78, 5) is 11.9. The van der Waals surface area contributed by atoms with Crippen molar-refractivity contribution < 1.29 is 9.53 Å². The third kappa shape index (κ3) is 9.19. The molecule has 23 heavy (non-hydrogen) atoms. The summed E-state index contributed by atoms with van der Waals surface area (Å²) in [7, 11) is 0. The van der Waals surface area contributed by atoms with Gasteiger partial charge in [-0.25, -0.2) is 4.79 Å². The summed E-state index contributed by atoms with van der Waals surface area (Å²) in [6, 6.07) is 0.870. The first-order valence-electron chi connectivity index (χ1n) is 9.54. The number of hydrogen-bond acceptors (Lipinski definition) is 3. The van der Waals surface area contributed by atoms with E-state index in [0.29, 0.717) is 24.5 Å². The Morgan fingerprint density at radius 3 is 2.43 bits per heavy atom. The zero-order chi connectivity index (χ0) is 17.3. The third-order valence-electron chi connectivity index (χ3n) is 4.57. The van der Waals surface area contributed by atoms with Crippen LogP contribution in [0.4, 0.5) is 4.79 Å². The van der Waals surface area contributed by atoms with Crippen LogP contribution in [-0.4, -0.2) is 30.3 Å². The highest BCUT2D eigenvalue weighted by Gasteiger charge is 2.27. The maximum absolute atomic E-state index is 11.9. The summed E-state index contributed by atoms with van der Waals surface area (Å²) in [5, 5.41) is 6.73. The van der Waals surface area contributed by atoms with Gasteiger partial charge in [-0.1, -0.05) is 39.0 Å². The van der Waals surface area contributed by atoms with Gasteiger partial charge < -0.3 is 15.4 Å². The van der Waals surface area contributed by atoms with Gasteiger partial charge in [-0.2, -0.15) is 0 Å². The minimum atomic E-state index is -0.437. The van der Waals surface area contributed by atoms with Crippen molar-refractivity contribution in [1.82, 2.24) is 10.6 Å². The van der Waals surface area contributed by atoms with Gasteiger partial charge in [0, 0.05) is 18.6 Å². The van der Waals surface area contributed by atoms with Crippen LogP contribution in [0.1, 0.15) is 86.0 Å². The van der Waals surface area contributed by atoms with Crippen LogP contribution in [0, 0.1) is 5.92 Å². The van der Waals surface area contributed by atoms with Gasteiger partial charge in [0.1, 0.15) is 5.60 Å². The molecule has 0 aromatic carbocycles. The Balaban J connectivity index is 2.44. The van der Waals surface area contributed by atoms with E-state index < -0.39 is 5.60 Å². The van der Waals surface area contributed by atoms with Crippen LogP contribution in [0.15, 0.2) is 0 Å². The molecule has 1 fully saturated rings. The molecule has 4 nitrogen and oxygen atoms in total. The Labute approximate surface area is 143 Å². The zero-order valence-corrected chi connectivity index (χ0v) is 15.9. The van der Waals surface area contributed by atoms with Gasteiger partial charge in [-0.05, 0) is 52.9 Å². The normalized spacial score (nSPS) is 18.7. The molecule has 0 aromatic heterocycles. The van der Waals surface area contributed by atoms with Crippen LogP contribution in [0.3, 0.4) is 0 Å². The lowest BCUT2D eigenvalue weighted by atomic mass is 9.96. The van der Waals surface area contributed by atoms with Crippen molar-refractivity contribution in [3.63, 3.8) is 0 Å². The number of amides is 1. The van der Waals surface area contributed by atoms with Crippen molar-refractivity contribution in [3.8, 4) is 0 Å². The largest absolute Gasteiger partial charge is 0.444 e. The predicted molar refractivity (Wildman–Crippen MR) is 96.7 cm³/mol. The van der Waals surface area contributed by atoms with Gasteiger partial charge in [-0.3, -0.25) is 0 Å². The van der Waals surface area contributed by atoms with Crippen LogP contribution in [0.2, 0.25) is 0 Å². The maximum Gasteiger partial charge on any atom is 0.407 e. The fourth-order valence-corrected chi connectivity index (χ4v) is 3.38. The summed E-state index contributed by atoms with van der Waals surface area (Å²) in [5.41, 5.74) is -0.437. The van der Waals surface area contributed by atoms with Crippen molar-refractivity contribution in [2.45, 2.75) is 104 Å². The number of alkyl carbamates (subject to hydrolysis) is 1. The van der Waals surface area contributed by atoms with Crippen LogP contribution < -0.4 is 10.6 Å². The van der Waals surface area contributed by atoms with Crippen LogP contribution in [0.5, 0.6) is 0 Å². The topological polar surface area (TPSA) is 50.4 Å². The minimum absolute atomic E-state index is 0.305. The fourth-order valence-electron chi connectivity index (χ4n) is 3.38. The first-order valence-corrected chi connectivity index (χ1v) is 9.54. The molecule has 1 aliphatic carbocycles. The molecule has 1 aliphatic rings. The monoisotopic (exact) mass is 326 g/mol. The molecule has 0 radical (unpaired) electrons. The van der Waals surface area contributed by atoms with Crippen molar-refractivity contribution in [3.05, 3.63) is 0 Å². The Bertz CT molecular complexity index is 333. The first-order chi connectivity index (χ1) is 10.8. The molecule has 0 bridgehead atoms. The molecule has 2 unspecified atom stereocenters. The molecule has 2 N–H and O–H groups in total. The Morgan fingerprint density at radius 1 is 1.22 bits per heavy atom. The highest BCUT2D eigenvalue weighted by molar-refractivity contribution is 5.67. The lowest BCUT2D eigenvalue weighted by molar-refractivity contribution is 0.0517. The summed E-state index contributed by atoms with van der Waals surface area (Å²) in [6.45, 7) is 10.9. The average molecular weight is 327 g/mol. The van der Waals surface area contributed by atoms with Crippen LogP contribution in [0.25, 0.3) is 0 Å². The van der Waals surface area contributed by atoms with Crippen molar-refractivity contribution >= 4 is 6.09 Å². The van der Waals surface area contributed by atoms with Crippen molar-refractivity contribution in [2.24, 2.45) is 5.92 Å². The number of ether oxygens (including phenoxy) is 1. The van der Waals surface area contributed by atoms with E-state index in [-0.39, 0.29) is 6.09 Å². The van der Waals surface area contributed by atoms with Crippen LogP contribution in [-0.2, 0) is 4.74 Å². The summed E-state index contributed by atoms with van der Waals surface area (Å²) >= 11 is 0. The molecule has 136 valence electrons. The fraction of sp³-hybridized carbons (Fsp3) is 0.947. The first kappa shape index (κ1) is 20.3. The number of unbranched alkanes of at least 4 members (excludes halogenated alkanes) is 2. The van der Waals surface area contributed by atoms with Gasteiger partial charge in [-0.15, -0.1) is 0 Å². The number of nitrogens with one attached hydrogen (secondary N) is 2. The number of rotatable bonds is 9. The van der Waals surface area contributed by atoms with Gasteiger partial charge >= 0.3 is 6.09 Å². The zero-order valence-electron chi connectivity index (χ0n) is 15.9. The summed E-state index contributed by atoms with van der Waals surface area (Å²) in [5.74, 6) is 0.679. The minimum Gasteiger partial charge on any atom is -0.444 e. The van der Waals surface area contributed by atoms with E-state index in [1.165, 1.54) is 51.4 Å².